The second kappa shape index (κ2) is 6.32. The van der Waals surface area contributed by atoms with Crippen molar-refractivity contribution in [3.05, 3.63) is 40.6 Å². The molecule has 1 atom stereocenters. The van der Waals surface area contributed by atoms with E-state index in [0.29, 0.717) is 16.6 Å². The van der Waals surface area contributed by atoms with Crippen molar-refractivity contribution in [3.8, 4) is 0 Å². The van der Waals surface area contributed by atoms with E-state index >= 15 is 0 Å². The van der Waals surface area contributed by atoms with Gasteiger partial charge in [-0.1, -0.05) is 19.8 Å². The van der Waals surface area contributed by atoms with Crippen LogP contribution in [0, 0.1) is 10.1 Å². The number of hydrogen-bond donors (Lipinski definition) is 1. The van der Waals surface area contributed by atoms with E-state index in [2.05, 4.69) is 17.2 Å². The molecule has 2 rings (SSSR count). The number of nitrogens with zero attached hydrogens (tertiary/aromatic N) is 2. The molecule has 20 heavy (non-hydrogen) atoms. The van der Waals surface area contributed by atoms with Crippen LogP contribution in [-0.2, 0) is 0 Å². The van der Waals surface area contributed by atoms with Crippen LogP contribution in [0.2, 0.25) is 0 Å². The summed E-state index contributed by atoms with van der Waals surface area (Å²) in [6, 6.07) is 7.23. The van der Waals surface area contributed by atoms with Crippen LogP contribution in [0.25, 0.3) is 10.9 Å². The Labute approximate surface area is 118 Å². The highest BCUT2D eigenvalue weighted by Crippen LogP contribution is 2.33. The highest BCUT2D eigenvalue weighted by molar-refractivity contribution is 5.94. The number of anilines is 1. The van der Waals surface area contributed by atoms with Crippen LogP contribution in [-0.4, -0.2) is 15.9 Å². The van der Waals surface area contributed by atoms with Crippen molar-refractivity contribution < 1.29 is 4.92 Å². The van der Waals surface area contributed by atoms with Crippen molar-refractivity contribution in [2.24, 2.45) is 0 Å². The standard InChI is InChI=1S/C15H19N3O2/c1-3-4-6-11(2)17-14-9-8-13-12(7-5-10-16-13)15(14)18(19)20/h5,7-11,17H,3-4,6H2,1-2H3. The van der Waals surface area contributed by atoms with E-state index in [0.717, 1.165) is 19.3 Å². The Bertz CT molecular complexity index is 613. The molecule has 1 unspecified atom stereocenters. The number of nitrogens with one attached hydrogen (secondary N) is 1. The third-order valence-corrected chi connectivity index (χ3v) is 3.33. The summed E-state index contributed by atoms with van der Waals surface area (Å²) in [5.41, 5.74) is 1.32. The van der Waals surface area contributed by atoms with Gasteiger partial charge < -0.3 is 5.32 Å². The van der Waals surface area contributed by atoms with Gasteiger partial charge in [-0.15, -0.1) is 0 Å². The lowest BCUT2D eigenvalue weighted by atomic mass is 10.1. The number of aromatic nitrogens is 1. The van der Waals surface area contributed by atoms with Crippen LogP contribution in [0.4, 0.5) is 11.4 Å². The average molecular weight is 273 g/mol. The van der Waals surface area contributed by atoms with Gasteiger partial charge >= 0.3 is 5.69 Å². The molecule has 0 amide bonds. The molecule has 0 radical (unpaired) electrons. The van der Waals surface area contributed by atoms with E-state index in [1.807, 2.05) is 13.0 Å². The van der Waals surface area contributed by atoms with Crippen molar-refractivity contribution in [2.45, 2.75) is 39.2 Å². The fourth-order valence-electron chi connectivity index (χ4n) is 2.30. The SMILES string of the molecule is CCCCC(C)Nc1ccc2ncccc2c1[N+](=O)[O-]. The van der Waals surface area contributed by atoms with Crippen LogP contribution < -0.4 is 5.32 Å². The predicted octanol–water partition coefficient (Wildman–Crippen LogP) is 4.13. The summed E-state index contributed by atoms with van der Waals surface area (Å²) in [7, 11) is 0. The minimum atomic E-state index is -0.334. The van der Waals surface area contributed by atoms with Gasteiger partial charge in [0.15, 0.2) is 0 Å². The Balaban J connectivity index is 2.37. The predicted molar refractivity (Wildman–Crippen MR) is 81.0 cm³/mol. The molecule has 0 aliphatic heterocycles. The number of hydrogen-bond acceptors (Lipinski definition) is 4. The molecular formula is C15H19N3O2. The summed E-state index contributed by atoms with van der Waals surface area (Å²) in [5.74, 6) is 0. The van der Waals surface area contributed by atoms with E-state index in [4.69, 9.17) is 0 Å². The molecular weight excluding hydrogens is 254 g/mol. The third-order valence-electron chi connectivity index (χ3n) is 3.33. The van der Waals surface area contributed by atoms with Gasteiger partial charge in [-0.3, -0.25) is 15.1 Å². The molecule has 0 fully saturated rings. The molecule has 0 spiro atoms. The minimum absolute atomic E-state index is 0.110. The summed E-state index contributed by atoms with van der Waals surface area (Å²) >= 11 is 0. The molecule has 0 aliphatic rings. The van der Waals surface area contributed by atoms with Crippen molar-refractivity contribution >= 4 is 22.3 Å². The largest absolute Gasteiger partial charge is 0.377 e. The summed E-state index contributed by atoms with van der Waals surface area (Å²) in [6.45, 7) is 4.18. The lowest BCUT2D eigenvalue weighted by molar-refractivity contribution is -0.382. The Morgan fingerprint density at radius 1 is 1.40 bits per heavy atom. The average Bonchev–Trinajstić information content (AvgIpc) is 2.44. The maximum atomic E-state index is 11.4. The summed E-state index contributed by atoms with van der Waals surface area (Å²) in [5, 5.41) is 15.2. The maximum Gasteiger partial charge on any atom is 0.301 e. The topological polar surface area (TPSA) is 68.1 Å². The number of nitro benzene ring substituents is 1. The van der Waals surface area contributed by atoms with Crippen molar-refractivity contribution in [1.82, 2.24) is 4.98 Å². The van der Waals surface area contributed by atoms with Crippen molar-refractivity contribution in [1.29, 1.82) is 0 Å². The number of pyridine rings is 1. The Morgan fingerprint density at radius 3 is 2.90 bits per heavy atom. The second-order valence-electron chi connectivity index (χ2n) is 4.98. The molecule has 1 aromatic carbocycles. The van der Waals surface area contributed by atoms with Crippen molar-refractivity contribution in [3.63, 3.8) is 0 Å². The van der Waals surface area contributed by atoms with Crippen LogP contribution in [0.5, 0.6) is 0 Å². The molecule has 5 heteroatoms. The molecule has 2 aromatic rings. The van der Waals surface area contributed by atoms with E-state index in [-0.39, 0.29) is 16.7 Å². The molecule has 0 bridgehead atoms. The highest BCUT2D eigenvalue weighted by Gasteiger charge is 2.19. The molecule has 0 saturated carbocycles. The van der Waals surface area contributed by atoms with E-state index in [1.165, 1.54) is 0 Å². The fraction of sp³-hybridized carbons (Fsp3) is 0.400. The molecule has 1 aromatic heterocycles. The van der Waals surface area contributed by atoms with Crippen molar-refractivity contribution in [2.75, 3.05) is 5.32 Å². The smallest absolute Gasteiger partial charge is 0.301 e. The van der Waals surface area contributed by atoms with Crippen LogP contribution in [0.15, 0.2) is 30.5 Å². The normalized spacial score (nSPS) is 12.3. The maximum absolute atomic E-state index is 11.4. The van der Waals surface area contributed by atoms with Gasteiger partial charge in [0.05, 0.1) is 15.8 Å². The van der Waals surface area contributed by atoms with Gasteiger partial charge in [0.25, 0.3) is 0 Å². The second-order valence-corrected chi connectivity index (χ2v) is 4.98. The molecule has 1 heterocycles. The molecule has 5 nitrogen and oxygen atoms in total. The quantitative estimate of drug-likeness (QED) is 0.634. The first-order valence-corrected chi connectivity index (χ1v) is 6.92. The third kappa shape index (κ3) is 3.04. The van der Waals surface area contributed by atoms with Gasteiger partial charge in [0.1, 0.15) is 5.69 Å². The van der Waals surface area contributed by atoms with Gasteiger partial charge in [0.2, 0.25) is 0 Å². The molecule has 1 N–H and O–H groups in total. The zero-order chi connectivity index (χ0) is 14.5. The summed E-state index contributed by atoms with van der Waals surface area (Å²) in [4.78, 5) is 15.2. The van der Waals surface area contributed by atoms with Gasteiger partial charge in [-0.25, -0.2) is 0 Å². The highest BCUT2D eigenvalue weighted by atomic mass is 16.6. The molecule has 0 saturated heterocycles. The van der Waals surface area contributed by atoms with Crippen LogP contribution >= 0.6 is 0 Å². The Hall–Kier alpha value is -2.17. The van der Waals surface area contributed by atoms with Crippen LogP contribution in [0.1, 0.15) is 33.1 Å². The number of nitro groups is 1. The monoisotopic (exact) mass is 273 g/mol. The molecule has 106 valence electrons. The van der Waals surface area contributed by atoms with Gasteiger partial charge in [-0.05, 0) is 37.6 Å². The van der Waals surface area contributed by atoms with Gasteiger partial charge in [-0.2, -0.15) is 0 Å². The summed E-state index contributed by atoms with van der Waals surface area (Å²) in [6.07, 6.45) is 4.87. The van der Waals surface area contributed by atoms with Gasteiger partial charge in [0, 0.05) is 12.2 Å². The number of rotatable bonds is 6. The number of unbranched alkanes of at least 4 members (excludes halogenated alkanes) is 1. The minimum Gasteiger partial charge on any atom is -0.377 e. The zero-order valence-electron chi connectivity index (χ0n) is 11.8. The zero-order valence-corrected chi connectivity index (χ0v) is 11.8. The molecule has 0 aliphatic carbocycles. The lowest BCUT2D eigenvalue weighted by Gasteiger charge is -2.15. The number of fused-ring (bicyclic) bond motifs is 1. The first-order chi connectivity index (χ1) is 9.63. The first-order valence-electron chi connectivity index (χ1n) is 6.92. The summed E-state index contributed by atoms with van der Waals surface area (Å²) < 4.78 is 0. The Kier molecular flexibility index (Phi) is 4.50. The van der Waals surface area contributed by atoms with E-state index in [9.17, 15) is 10.1 Å². The number of benzene rings is 1. The van der Waals surface area contributed by atoms with E-state index < -0.39 is 0 Å². The lowest BCUT2D eigenvalue weighted by Crippen LogP contribution is -2.15. The first kappa shape index (κ1) is 14.2. The van der Waals surface area contributed by atoms with E-state index in [1.54, 1.807) is 24.4 Å². The fourth-order valence-corrected chi connectivity index (χ4v) is 2.30. The van der Waals surface area contributed by atoms with Crippen LogP contribution in [0.3, 0.4) is 0 Å². The Morgan fingerprint density at radius 2 is 2.20 bits per heavy atom.